The van der Waals surface area contributed by atoms with Crippen LogP contribution >= 0.6 is 11.3 Å². The van der Waals surface area contributed by atoms with Crippen LogP contribution in [0.3, 0.4) is 0 Å². The van der Waals surface area contributed by atoms with Crippen molar-refractivity contribution in [2.24, 2.45) is 0 Å². The Balaban J connectivity index is 1.98. The van der Waals surface area contributed by atoms with Gasteiger partial charge in [0, 0.05) is 11.3 Å². The second kappa shape index (κ2) is 5.36. The van der Waals surface area contributed by atoms with Crippen LogP contribution in [0.5, 0.6) is 0 Å². The maximum atomic E-state index is 12.2. The van der Waals surface area contributed by atoms with Crippen LogP contribution in [-0.4, -0.2) is 23.0 Å². The lowest BCUT2D eigenvalue weighted by molar-refractivity contribution is -0.140. The zero-order valence-electron chi connectivity index (χ0n) is 11.3. The molecule has 0 fully saturated rings. The van der Waals surface area contributed by atoms with Crippen molar-refractivity contribution in [2.75, 3.05) is 7.11 Å². The topological polar surface area (TPSA) is 72.0 Å². The zero-order valence-corrected chi connectivity index (χ0v) is 12.1. The molecule has 0 radical (unpaired) electrons. The van der Waals surface area contributed by atoms with Crippen molar-refractivity contribution in [1.82, 2.24) is 9.97 Å². The van der Waals surface area contributed by atoms with E-state index in [1.54, 1.807) is 11.3 Å². The molecule has 106 valence electrons. The van der Waals surface area contributed by atoms with E-state index in [1.165, 1.54) is 24.0 Å². The monoisotopic (exact) mass is 292 g/mol. The summed E-state index contributed by atoms with van der Waals surface area (Å²) in [5, 5.41) is 0.756. The number of aromatic amines is 1. The smallest absolute Gasteiger partial charge is 0.305 e. The SMILES string of the molecule is COC(=O)CCc1nc2sc3c(c2c(=O)[nH]1)CCCC3. The van der Waals surface area contributed by atoms with Gasteiger partial charge in [-0.1, -0.05) is 0 Å². The standard InChI is InChI=1S/C14H16N2O3S/c1-19-11(17)7-6-10-15-13(18)12-8-4-2-3-5-9(8)20-14(12)16-10/h2-7H2,1H3,(H,15,16,18). The number of fused-ring (bicyclic) bond motifs is 3. The molecule has 2 heterocycles. The third-order valence-corrected chi connectivity index (χ3v) is 4.85. The molecule has 0 amide bonds. The summed E-state index contributed by atoms with van der Waals surface area (Å²) in [5.74, 6) is 0.268. The van der Waals surface area contributed by atoms with Gasteiger partial charge in [0.1, 0.15) is 10.7 Å². The number of rotatable bonds is 3. The van der Waals surface area contributed by atoms with E-state index in [0.29, 0.717) is 12.2 Å². The third kappa shape index (κ3) is 2.35. The first-order valence-electron chi connectivity index (χ1n) is 6.79. The number of aromatic nitrogens is 2. The first kappa shape index (κ1) is 13.3. The zero-order chi connectivity index (χ0) is 14.1. The Morgan fingerprint density at radius 3 is 3.00 bits per heavy atom. The number of ether oxygens (including phenoxy) is 1. The molecule has 20 heavy (non-hydrogen) atoms. The number of methoxy groups -OCH3 is 1. The number of thiophene rings is 1. The van der Waals surface area contributed by atoms with Crippen molar-refractivity contribution in [3.63, 3.8) is 0 Å². The van der Waals surface area contributed by atoms with Gasteiger partial charge in [-0.05, 0) is 31.2 Å². The van der Waals surface area contributed by atoms with Gasteiger partial charge in [-0.3, -0.25) is 9.59 Å². The van der Waals surface area contributed by atoms with Gasteiger partial charge >= 0.3 is 5.97 Å². The van der Waals surface area contributed by atoms with Gasteiger partial charge < -0.3 is 9.72 Å². The van der Waals surface area contributed by atoms with Gasteiger partial charge in [0.15, 0.2) is 0 Å². The predicted molar refractivity (Wildman–Crippen MR) is 77.2 cm³/mol. The molecule has 3 rings (SSSR count). The lowest BCUT2D eigenvalue weighted by Crippen LogP contribution is -2.14. The summed E-state index contributed by atoms with van der Waals surface area (Å²) in [6, 6.07) is 0. The van der Waals surface area contributed by atoms with E-state index < -0.39 is 0 Å². The highest BCUT2D eigenvalue weighted by Crippen LogP contribution is 2.33. The second-order valence-electron chi connectivity index (χ2n) is 4.98. The Labute approximate surface area is 120 Å². The Bertz CT molecular complexity index is 717. The lowest BCUT2D eigenvalue weighted by Gasteiger charge is -2.09. The minimum atomic E-state index is -0.293. The Kier molecular flexibility index (Phi) is 3.56. The number of esters is 1. The molecule has 5 nitrogen and oxygen atoms in total. The fourth-order valence-corrected chi connectivity index (χ4v) is 3.93. The minimum absolute atomic E-state index is 0.0748. The van der Waals surface area contributed by atoms with Crippen LogP contribution in [0.25, 0.3) is 10.2 Å². The lowest BCUT2D eigenvalue weighted by atomic mass is 9.97. The number of hydrogen-bond donors (Lipinski definition) is 1. The number of nitrogens with zero attached hydrogens (tertiary/aromatic N) is 1. The number of nitrogens with one attached hydrogen (secondary N) is 1. The summed E-state index contributed by atoms with van der Waals surface area (Å²) in [4.78, 5) is 32.8. The van der Waals surface area contributed by atoms with E-state index in [0.717, 1.165) is 29.5 Å². The van der Waals surface area contributed by atoms with Crippen LogP contribution in [0, 0.1) is 0 Å². The largest absolute Gasteiger partial charge is 0.469 e. The average molecular weight is 292 g/mol. The molecule has 0 aliphatic heterocycles. The normalized spacial score (nSPS) is 14.2. The first-order chi connectivity index (χ1) is 9.69. The highest BCUT2D eigenvalue weighted by molar-refractivity contribution is 7.18. The molecular weight excluding hydrogens is 276 g/mol. The molecule has 1 N–H and O–H groups in total. The van der Waals surface area contributed by atoms with Crippen molar-refractivity contribution in [1.29, 1.82) is 0 Å². The Hall–Kier alpha value is -1.69. The molecule has 1 aliphatic rings. The van der Waals surface area contributed by atoms with Crippen LogP contribution in [-0.2, 0) is 28.8 Å². The van der Waals surface area contributed by atoms with Crippen molar-refractivity contribution >= 4 is 27.5 Å². The van der Waals surface area contributed by atoms with Crippen molar-refractivity contribution in [3.05, 3.63) is 26.6 Å². The van der Waals surface area contributed by atoms with Crippen molar-refractivity contribution < 1.29 is 9.53 Å². The van der Waals surface area contributed by atoms with E-state index >= 15 is 0 Å². The summed E-state index contributed by atoms with van der Waals surface area (Å²) in [6.07, 6.45) is 4.99. The molecular formula is C14H16N2O3S. The number of aryl methyl sites for hydroxylation is 3. The van der Waals surface area contributed by atoms with Crippen LogP contribution in [0.1, 0.15) is 35.5 Å². The van der Waals surface area contributed by atoms with Crippen LogP contribution < -0.4 is 5.56 Å². The van der Waals surface area contributed by atoms with Crippen molar-refractivity contribution in [3.8, 4) is 0 Å². The van der Waals surface area contributed by atoms with E-state index in [9.17, 15) is 9.59 Å². The van der Waals surface area contributed by atoms with Gasteiger partial charge in [-0.2, -0.15) is 0 Å². The molecule has 6 heteroatoms. The summed E-state index contributed by atoms with van der Waals surface area (Å²) < 4.78 is 4.60. The molecule has 0 saturated heterocycles. The van der Waals surface area contributed by atoms with Gasteiger partial charge in [-0.15, -0.1) is 11.3 Å². The maximum absolute atomic E-state index is 12.2. The molecule has 0 aromatic carbocycles. The molecule has 0 spiro atoms. The summed E-state index contributed by atoms with van der Waals surface area (Å²) in [7, 11) is 1.36. The first-order valence-corrected chi connectivity index (χ1v) is 7.61. The quantitative estimate of drug-likeness (QED) is 0.878. The van der Waals surface area contributed by atoms with Crippen LogP contribution in [0.4, 0.5) is 0 Å². The molecule has 1 aliphatic carbocycles. The average Bonchev–Trinajstić information content (AvgIpc) is 2.83. The highest BCUT2D eigenvalue weighted by Gasteiger charge is 2.19. The molecule has 0 atom stereocenters. The van der Waals surface area contributed by atoms with E-state index in [2.05, 4.69) is 14.7 Å². The van der Waals surface area contributed by atoms with E-state index in [-0.39, 0.29) is 17.9 Å². The summed E-state index contributed by atoms with van der Waals surface area (Å²) >= 11 is 1.62. The minimum Gasteiger partial charge on any atom is -0.469 e. The number of carbonyl (C=O) groups is 1. The highest BCUT2D eigenvalue weighted by atomic mass is 32.1. The van der Waals surface area contributed by atoms with Gasteiger partial charge in [0.2, 0.25) is 0 Å². The van der Waals surface area contributed by atoms with Crippen LogP contribution in [0.2, 0.25) is 0 Å². The van der Waals surface area contributed by atoms with Gasteiger partial charge in [0.25, 0.3) is 5.56 Å². The maximum Gasteiger partial charge on any atom is 0.305 e. The molecule has 2 aromatic heterocycles. The van der Waals surface area contributed by atoms with Gasteiger partial charge in [-0.25, -0.2) is 4.98 Å². The van der Waals surface area contributed by atoms with Crippen LogP contribution in [0.15, 0.2) is 4.79 Å². The van der Waals surface area contributed by atoms with E-state index in [4.69, 9.17) is 0 Å². The molecule has 0 saturated carbocycles. The Morgan fingerprint density at radius 1 is 1.40 bits per heavy atom. The fourth-order valence-electron chi connectivity index (χ4n) is 2.65. The summed E-state index contributed by atoms with van der Waals surface area (Å²) in [6.45, 7) is 0. The molecule has 2 aromatic rings. The van der Waals surface area contributed by atoms with E-state index in [1.807, 2.05) is 0 Å². The van der Waals surface area contributed by atoms with Crippen molar-refractivity contribution in [2.45, 2.75) is 38.5 Å². The fraction of sp³-hybridized carbons (Fsp3) is 0.500. The predicted octanol–water partition coefficient (Wildman–Crippen LogP) is 1.97. The second-order valence-corrected chi connectivity index (χ2v) is 6.06. The molecule has 0 unspecified atom stereocenters. The number of H-pyrrole nitrogens is 1. The number of carbonyl (C=O) groups excluding carboxylic acids is 1. The molecule has 0 bridgehead atoms. The number of hydrogen-bond acceptors (Lipinski definition) is 5. The Morgan fingerprint density at radius 2 is 2.20 bits per heavy atom. The van der Waals surface area contributed by atoms with Gasteiger partial charge in [0.05, 0.1) is 18.9 Å². The third-order valence-electron chi connectivity index (χ3n) is 3.67. The summed E-state index contributed by atoms with van der Waals surface area (Å²) in [5.41, 5.74) is 1.11.